The first-order valence-electron chi connectivity index (χ1n) is 9.03. The first-order valence-corrected chi connectivity index (χ1v) is 10.4. The molecule has 158 valence electrons. The molecular formula is C22H17FN2O5S. The molecule has 9 heteroatoms. The van der Waals surface area contributed by atoms with Crippen LogP contribution in [0, 0.1) is 17.0 Å². The van der Waals surface area contributed by atoms with Crippen LogP contribution in [0.3, 0.4) is 0 Å². The minimum atomic E-state index is -4.84. The van der Waals surface area contributed by atoms with Crippen LogP contribution < -0.4 is 5.32 Å². The highest BCUT2D eigenvalue weighted by atomic mass is 32.3. The highest BCUT2D eigenvalue weighted by Gasteiger charge is 2.16. The normalized spacial score (nSPS) is 11.7. The lowest BCUT2D eigenvalue weighted by Crippen LogP contribution is -2.14. The van der Waals surface area contributed by atoms with Crippen LogP contribution in [0.2, 0.25) is 0 Å². The molecule has 0 saturated carbocycles. The molecule has 0 atom stereocenters. The predicted octanol–water partition coefficient (Wildman–Crippen LogP) is 4.74. The zero-order chi connectivity index (χ0) is 22.6. The van der Waals surface area contributed by atoms with Crippen molar-refractivity contribution in [1.82, 2.24) is 0 Å². The minimum absolute atomic E-state index is 0.0676. The van der Waals surface area contributed by atoms with Gasteiger partial charge >= 0.3 is 10.2 Å². The highest BCUT2D eigenvalue weighted by Crippen LogP contribution is 2.25. The summed E-state index contributed by atoms with van der Waals surface area (Å²) < 4.78 is 35.0. The Morgan fingerprint density at radius 2 is 1.61 bits per heavy atom. The van der Waals surface area contributed by atoms with Gasteiger partial charge in [-0.05, 0) is 66.1 Å². The van der Waals surface area contributed by atoms with Crippen LogP contribution >= 0.6 is 0 Å². The van der Waals surface area contributed by atoms with Crippen molar-refractivity contribution in [3.63, 3.8) is 0 Å². The van der Waals surface area contributed by atoms with E-state index in [1.54, 1.807) is 18.2 Å². The number of carbonyl (C=O) groups excluding carboxylic acids is 1. The molecule has 0 aromatic heterocycles. The maximum absolute atomic E-state index is 13.1. The molecule has 3 rings (SSSR count). The fourth-order valence-corrected chi connectivity index (χ4v) is 3.36. The molecule has 3 aromatic rings. The maximum Gasteiger partial charge on any atom is 0.332 e. The van der Waals surface area contributed by atoms with Crippen LogP contribution in [0.5, 0.6) is 0 Å². The summed E-state index contributed by atoms with van der Waals surface area (Å²) in [6.45, 7) is 1.84. The van der Waals surface area contributed by atoms with E-state index in [9.17, 15) is 27.2 Å². The molecule has 0 heterocycles. The number of hydrogen-bond acceptors (Lipinski definition) is 5. The summed E-state index contributed by atoms with van der Waals surface area (Å²) in [4.78, 5) is 22.9. The number of hydrogen-bond donors (Lipinski definition) is 1. The molecule has 0 aliphatic rings. The molecular weight excluding hydrogens is 423 g/mol. The molecule has 7 nitrogen and oxygen atoms in total. The van der Waals surface area contributed by atoms with Gasteiger partial charge in [0.15, 0.2) is 0 Å². The van der Waals surface area contributed by atoms with E-state index in [2.05, 4.69) is 5.32 Å². The second kappa shape index (κ2) is 8.88. The first-order chi connectivity index (χ1) is 14.6. The van der Waals surface area contributed by atoms with Crippen molar-refractivity contribution in [3.8, 4) is 0 Å². The van der Waals surface area contributed by atoms with Gasteiger partial charge in [-0.1, -0.05) is 24.3 Å². The second-order valence-corrected chi connectivity index (χ2v) is 7.99. The van der Waals surface area contributed by atoms with E-state index in [0.717, 1.165) is 17.7 Å². The Labute approximate surface area is 178 Å². The van der Waals surface area contributed by atoms with Crippen LogP contribution in [-0.2, 0) is 15.0 Å². The number of nitrogens with zero attached hydrogens (tertiary/aromatic N) is 1. The molecule has 1 N–H and O–H groups in total. The fraction of sp³-hybridized carbons (Fsp3) is 0.0455. The van der Waals surface area contributed by atoms with E-state index in [-0.39, 0.29) is 11.4 Å². The average molecular weight is 440 g/mol. The summed E-state index contributed by atoms with van der Waals surface area (Å²) in [5, 5.41) is 13.5. The van der Waals surface area contributed by atoms with Crippen LogP contribution in [0.4, 0.5) is 15.3 Å². The van der Waals surface area contributed by atoms with Crippen molar-refractivity contribution >= 4 is 39.2 Å². The van der Waals surface area contributed by atoms with E-state index in [0.29, 0.717) is 16.7 Å². The van der Waals surface area contributed by atoms with Crippen molar-refractivity contribution in [2.24, 2.45) is 0 Å². The molecule has 0 aliphatic heterocycles. The minimum Gasteiger partial charge on any atom is -0.322 e. The Kier molecular flexibility index (Phi) is 6.26. The number of nitrogens with one attached hydrogen (secondary N) is 1. The van der Waals surface area contributed by atoms with Crippen LogP contribution in [-0.4, -0.2) is 19.2 Å². The summed E-state index contributed by atoms with van der Waals surface area (Å²) in [5.74, 6) is -0.483. The Hall–Kier alpha value is -3.85. The summed E-state index contributed by atoms with van der Waals surface area (Å²) in [6, 6.07) is 17.6. The Balaban J connectivity index is 1.97. The van der Waals surface area contributed by atoms with E-state index >= 15 is 0 Å². The third-order valence-corrected chi connectivity index (χ3v) is 5.32. The number of nitro benzene ring substituents is 1. The van der Waals surface area contributed by atoms with Gasteiger partial charge in [0.05, 0.1) is 9.82 Å². The summed E-state index contributed by atoms with van der Waals surface area (Å²) >= 11 is 0. The van der Waals surface area contributed by atoms with Crippen molar-refractivity contribution in [1.29, 1.82) is 0 Å². The number of benzene rings is 3. The summed E-state index contributed by atoms with van der Waals surface area (Å²) in [7, 11) is -4.84. The molecule has 0 bridgehead atoms. The number of non-ortho nitro benzene ring substituents is 1. The lowest BCUT2D eigenvalue weighted by molar-refractivity contribution is -0.384. The summed E-state index contributed by atoms with van der Waals surface area (Å²) in [6.07, 6.45) is 1.60. The number of halogens is 1. The number of nitro groups is 1. The number of aryl methyl sites for hydroxylation is 1. The first kappa shape index (κ1) is 21.8. The van der Waals surface area contributed by atoms with Gasteiger partial charge < -0.3 is 5.32 Å². The molecule has 1 amide bonds. The molecule has 0 fully saturated rings. The SMILES string of the molecule is Cc1ccccc1/C(=C\c1ccc([N+](=O)[O-])cc1)C(=O)Nc1ccc(S(=O)(=O)F)cc1. The lowest BCUT2D eigenvalue weighted by atomic mass is 9.97. The topological polar surface area (TPSA) is 106 Å². The van der Waals surface area contributed by atoms with Crippen molar-refractivity contribution in [2.45, 2.75) is 11.8 Å². The Bertz CT molecular complexity index is 1270. The smallest absolute Gasteiger partial charge is 0.322 e. The van der Waals surface area contributed by atoms with Gasteiger partial charge in [-0.25, -0.2) is 0 Å². The standard InChI is InChI=1S/C22H17FN2O5S/c1-15-4-2-3-5-20(15)21(14-16-6-10-18(11-7-16)25(27)28)22(26)24-17-8-12-19(13-9-17)31(23,29)30/h2-14H,1H3,(H,24,26)/b21-14+. The van der Waals surface area contributed by atoms with Gasteiger partial charge in [0.1, 0.15) is 0 Å². The number of anilines is 1. The van der Waals surface area contributed by atoms with E-state index in [1.807, 2.05) is 19.1 Å². The van der Waals surface area contributed by atoms with E-state index in [1.165, 1.54) is 36.4 Å². The monoisotopic (exact) mass is 440 g/mol. The zero-order valence-corrected chi connectivity index (χ0v) is 17.1. The largest absolute Gasteiger partial charge is 0.332 e. The van der Waals surface area contributed by atoms with Gasteiger partial charge in [-0.15, -0.1) is 3.89 Å². The predicted molar refractivity (Wildman–Crippen MR) is 116 cm³/mol. The average Bonchev–Trinajstić information content (AvgIpc) is 2.72. The fourth-order valence-electron chi connectivity index (χ4n) is 2.90. The van der Waals surface area contributed by atoms with Crippen molar-refractivity contribution in [3.05, 3.63) is 99.6 Å². The zero-order valence-electron chi connectivity index (χ0n) is 16.3. The molecule has 0 radical (unpaired) electrons. The van der Waals surface area contributed by atoms with Gasteiger partial charge in [0.25, 0.3) is 11.6 Å². The summed E-state index contributed by atoms with van der Waals surface area (Å²) in [5.41, 5.74) is 2.58. The maximum atomic E-state index is 13.1. The van der Waals surface area contributed by atoms with Crippen LogP contribution in [0.25, 0.3) is 11.6 Å². The molecule has 31 heavy (non-hydrogen) atoms. The molecule has 0 aliphatic carbocycles. The highest BCUT2D eigenvalue weighted by molar-refractivity contribution is 7.86. The quantitative estimate of drug-likeness (QED) is 0.196. The van der Waals surface area contributed by atoms with Gasteiger partial charge in [0, 0.05) is 23.4 Å². The molecule has 3 aromatic carbocycles. The van der Waals surface area contributed by atoms with Crippen molar-refractivity contribution < 1.29 is 22.0 Å². The third kappa shape index (κ3) is 5.40. The lowest BCUT2D eigenvalue weighted by Gasteiger charge is -2.12. The number of carbonyl (C=O) groups is 1. The number of amides is 1. The van der Waals surface area contributed by atoms with Crippen molar-refractivity contribution in [2.75, 3.05) is 5.32 Å². The van der Waals surface area contributed by atoms with Gasteiger partial charge in [-0.3, -0.25) is 14.9 Å². The van der Waals surface area contributed by atoms with E-state index < -0.39 is 25.9 Å². The number of rotatable bonds is 6. The van der Waals surface area contributed by atoms with Crippen LogP contribution in [0.1, 0.15) is 16.7 Å². The van der Waals surface area contributed by atoms with E-state index in [4.69, 9.17) is 0 Å². The molecule has 0 spiro atoms. The Morgan fingerprint density at radius 1 is 1.00 bits per heavy atom. The third-order valence-electron chi connectivity index (χ3n) is 4.49. The molecule has 0 unspecified atom stereocenters. The second-order valence-electron chi connectivity index (χ2n) is 6.64. The molecule has 0 saturated heterocycles. The van der Waals surface area contributed by atoms with Crippen LogP contribution in [0.15, 0.2) is 77.7 Å². The van der Waals surface area contributed by atoms with Gasteiger partial charge in [0.2, 0.25) is 0 Å². The van der Waals surface area contributed by atoms with Gasteiger partial charge in [-0.2, -0.15) is 8.42 Å². The Morgan fingerprint density at radius 3 is 2.16 bits per heavy atom.